The van der Waals surface area contributed by atoms with Gasteiger partial charge in [0, 0.05) is 42.3 Å². The molecule has 1 heterocycles. The second-order valence-electron chi connectivity index (χ2n) is 8.39. The Labute approximate surface area is 204 Å². The molecule has 6 heteroatoms. The third-order valence-corrected chi connectivity index (χ3v) is 5.85. The number of likely N-dealkylation sites (N-methyl/N-ethyl adjacent to an activating group) is 1. The fraction of sp³-hybridized carbons (Fsp3) is 0.172. The average Bonchev–Trinajstić information content (AvgIpc) is 3.22. The standard InChI is InChI=1S/C29H28N2O4/c1-30(17-16-22-8-4-2-5-9-22)28(32)20-31-19-24(12-15-29(33)34)26-18-25(13-14-27(26)31)35-21-23-10-6-3-7-11-23/h2-15,18-19H,16-17,20-21H2,1H3,(H,33,34)/b15-12+. The average molecular weight is 469 g/mol. The number of nitrogens with zero attached hydrogens (tertiary/aromatic N) is 2. The van der Waals surface area contributed by atoms with Gasteiger partial charge in [-0.15, -0.1) is 0 Å². The van der Waals surface area contributed by atoms with Crippen LogP contribution in [0.2, 0.25) is 0 Å². The lowest BCUT2D eigenvalue weighted by atomic mass is 10.1. The molecule has 1 amide bonds. The summed E-state index contributed by atoms with van der Waals surface area (Å²) in [5, 5.41) is 9.94. The quantitative estimate of drug-likeness (QED) is 0.332. The van der Waals surface area contributed by atoms with E-state index in [1.807, 2.05) is 77.5 Å². The van der Waals surface area contributed by atoms with E-state index >= 15 is 0 Å². The Kier molecular flexibility index (Phi) is 7.63. The number of carbonyl (C=O) groups is 2. The van der Waals surface area contributed by atoms with Crippen molar-refractivity contribution in [3.8, 4) is 5.75 Å². The Morgan fingerprint density at radius 3 is 2.34 bits per heavy atom. The molecule has 0 spiro atoms. The molecule has 1 N–H and O–H groups in total. The van der Waals surface area contributed by atoms with E-state index in [9.17, 15) is 9.59 Å². The summed E-state index contributed by atoms with van der Waals surface area (Å²) in [5.74, 6) is -0.370. The van der Waals surface area contributed by atoms with Crippen molar-refractivity contribution in [2.24, 2.45) is 0 Å². The van der Waals surface area contributed by atoms with E-state index in [1.54, 1.807) is 18.0 Å². The number of carboxylic acids is 1. The number of hydrogen-bond donors (Lipinski definition) is 1. The molecule has 4 rings (SSSR count). The van der Waals surface area contributed by atoms with Crippen LogP contribution in [0.4, 0.5) is 0 Å². The molecule has 0 saturated heterocycles. The smallest absolute Gasteiger partial charge is 0.328 e. The van der Waals surface area contributed by atoms with Crippen molar-refractivity contribution in [3.05, 3.63) is 108 Å². The van der Waals surface area contributed by atoms with Crippen LogP contribution < -0.4 is 4.74 Å². The van der Waals surface area contributed by atoms with Crippen LogP contribution in [-0.4, -0.2) is 40.0 Å². The summed E-state index contributed by atoms with van der Waals surface area (Å²) in [4.78, 5) is 25.8. The minimum Gasteiger partial charge on any atom is -0.489 e. The van der Waals surface area contributed by atoms with Gasteiger partial charge in [0.2, 0.25) is 5.91 Å². The molecule has 1 aromatic heterocycles. The number of aromatic nitrogens is 1. The number of carboxylic acid groups (broad SMARTS) is 1. The highest BCUT2D eigenvalue weighted by Crippen LogP contribution is 2.28. The largest absolute Gasteiger partial charge is 0.489 e. The van der Waals surface area contributed by atoms with Gasteiger partial charge >= 0.3 is 5.97 Å². The molecule has 0 radical (unpaired) electrons. The predicted octanol–water partition coefficient (Wildman–Crippen LogP) is 5.02. The number of fused-ring (bicyclic) bond motifs is 1. The van der Waals surface area contributed by atoms with Crippen molar-refractivity contribution in [2.45, 2.75) is 19.6 Å². The molecule has 0 unspecified atom stereocenters. The second kappa shape index (κ2) is 11.2. The molecule has 178 valence electrons. The third kappa shape index (κ3) is 6.38. The highest BCUT2D eigenvalue weighted by atomic mass is 16.5. The van der Waals surface area contributed by atoms with Gasteiger partial charge in [-0.25, -0.2) is 4.79 Å². The fourth-order valence-electron chi connectivity index (χ4n) is 3.89. The first-order valence-electron chi connectivity index (χ1n) is 11.5. The zero-order valence-corrected chi connectivity index (χ0v) is 19.6. The lowest BCUT2D eigenvalue weighted by molar-refractivity contribution is -0.131. The van der Waals surface area contributed by atoms with Gasteiger partial charge in [-0.1, -0.05) is 60.7 Å². The predicted molar refractivity (Wildman–Crippen MR) is 137 cm³/mol. The molecule has 0 aliphatic carbocycles. The summed E-state index contributed by atoms with van der Waals surface area (Å²) in [7, 11) is 1.80. The van der Waals surface area contributed by atoms with Crippen molar-refractivity contribution in [1.29, 1.82) is 0 Å². The van der Waals surface area contributed by atoms with Crippen LogP contribution in [0.15, 0.2) is 91.1 Å². The van der Waals surface area contributed by atoms with Crippen LogP contribution in [-0.2, 0) is 29.2 Å². The first kappa shape index (κ1) is 23.8. The number of aliphatic carboxylic acids is 1. The Bertz CT molecular complexity index is 1330. The van der Waals surface area contributed by atoms with Crippen molar-refractivity contribution in [2.75, 3.05) is 13.6 Å². The van der Waals surface area contributed by atoms with Crippen molar-refractivity contribution < 1.29 is 19.4 Å². The van der Waals surface area contributed by atoms with E-state index in [4.69, 9.17) is 9.84 Å². The second-order valence-corrected chi connectivity index (χ2v) is 8.39. The normalized spacial score (nSPS) is 11.1. The Balaban J connectivity index is 1.52. The van der Waals surface area contributed by atoms with Crippen LogP contribution in [0, 0.1) is 0 Å². The molecule has 35 heavy (non-hydrogen) atoms. The van der Waals surface area contributed by atoms with Gasteiger partial charge in [-0.05, 0) is 41.8 Å². The highest BCUT2D eigenvalue weighted by molar-refractivity contribution is 5.95. The summed E-state index contributed by atoms with van der Waals surface area (Å²) in [6, 6.07) is 25.6. The Morgan fingerprint density at radius 2 is 1.66 bits per heavy atom. The zero-order chi connectivity index (χ0) is 24.6. The van der Waals surface area contributed by atoms with Gasteiger partial charge in [-0.2, -0.15) is 0 Å². The zero-order valence-electron chi connectivity index (χ0n) is 19.6. The fourth-order valence-corrected chi connectivity index (χ4v) is 3.89. The maximum absolute atomic E-state index is 12.9. The van der Waals surface area contributed by atoms with Gasteiger partial charge in [0.1, 0.15) is 18.9 Å². The van der Waals surface area contributed by atoms with Gasteiger partial charge in [-0.3, -0.25) is 4.79 Å². The molecule has 0 bridgehead atoms. The molecular weight excluding hydrogens is 440 g/mol. The molecular formula is C29H28N2O4. The summed E-state index contributed by atoms with van der Waals surface area (Å²) < 4.78 is 7.82. The van der Waals surface area contributed by atoms with Gasteiger partial charge in [0.15, 0.2) is 0 Å². The van der Waals surface area contributed by atoms with E-state index < -0.39 is 5.97 Å². The summed E-state index contributed by atoms with van der Waals surface area (Å²) in [5.41, 5.74) is 3.79. The van der Waals surface area contributed by atoms with Crippen LogP contribution in [0.3, 0.4) is 0 Å². The number of ether oxygens (including phenoxy) is 1. The van der Waals surface area contributed by atoms with E-state index in [0.29, 0.717) is 24.5 Å². The van der Waals surface area contributed by atoms with Crippen LogP contribution in [0.1, 0.15) is 16.7 Å². The van der Waals surface area contributed by atoms with E-state index in [1.165, 1.54) is 5.56 Å². The number of carbonyl (C=O) groups excluding carboxylic acids is 1. The molecule has 0 aliphatic rings. The summed E-state index contributed by atoms with van der Waals surface area (Å²) in [6.45, 7) is 1.20. The topological polar surface area (TPSA) is 71.8 Å². The van der Waals surface area contributed by atoms with E-state index in [-0.39, 0.29) is 12.5 Å². The van der Waals surface area contributed by atoms with E-state index in [0.717, 1.165) is 29.0 Å². The minimum atomic E-state index is -1.03. The Morgan fingerprint density at radius 1 is 0.971 bits per heavy atom. The maximum Gasteiger partial charge on any atom is 0.328 e. The number of rotatable bonds is 10. The molecule has 4 aromatic rings. The number of amides is 1. The van der Waals surface area contributed by atoms with E-state index in [2.05, 4.69) is 12.1 Å². The maximum atomic E-state index is 12.9. The Hall–Kier alpha value is -4.32. The summed E-state index contributed by atoms with van der Waals surface area (Å²) >= 11 is 0. The molecule has 0 atom stereocenters. The molecule has 3 aromatic carbocycles. The summed E-state index contributed by atoms with van der Waals surface area (Å²) in [6.07, 6.45) is 5.24. The SMILES string of the molecule is CN(CCc1ccccc1)C(=O)Cn1cc(/C=C/C(=O)O)c2cc(OCc3ccccc3)ccc21. The first-order valence-corrected chi connectivity index (χ1v) is 11.5. The molecule has 0 saturated carbocycles. The van der Waals surface area contributed by atoms with Gasteiger partial charge < -0.3 is 19.3 Å². The van der Waals surface area contributed by atoms with Gasteiger partial charge in [0.05, 0.1) is 0 Å². The van der Waals surface area contributed by atoms with Crippen molar-refractivity contribution in [3.63, 3.8) is 0 Å². The number of benzene rings is 3. The molecule has 0 aliphatic heterocycles. The van der Waals surface area contributed by atoms with Crippen LogP contribution in [0.25, 0.3) is 17.0 Å². The van der Waals surface area contributed by atoms with Crippen LogP contribution in [0.5, 0.6) is 5.75 Å². The van der Waals surface area contributed by atoms with Crippen LogP contribution >= 0.6 is 0 Å². The third-order valence-electron chi connectivity index (χ3n) is 5.85. The first-order chi connectivity index (χ1) is 17.0. The monoisotopic (exact) mass is 468 g/mol. The van der Waals surface area contributed by atoms with Crippen molar-refractivity contribution in [1.82, 2.24) is 9.47 Å². The lowest BCUT2D eigenvalue weighted by Gasteiger charge is -2.18. The van der Waals surface area contributed by atoms with Gasteiger partial charge in [0.25, 0.3) is 0 Å². The highest BCUT2D eigenvalue weighted by Gasteiger charge is 2.14. The van der Waals surface area contributed by atoms with Crippen molar-refractivity contribution >= 4 is 28.9 Å². The number of hydrogen-bond acceptors (Lipinski definition) is 3. The lowest BCUT2D eigenvalue weighted by Crippen LogP contribution is -2.31. The molecule has 6 nitrogen and oxygen atoms in total. The minimum absolute atomic E-state index is 0.0176. The molecule has 0 fully saturated rings.